The van der Waals surface area contributed by atoms with Crippen LogP contribution < -0.4 is 10.6 Å². The standard InChI is InChI=1S/C46H78N2O36/c1-10(54)47-19-26(61)36(15(6-52)74-40(19)71)81-41-20(48-11(2)55)27(62)37(16(7-53)78-41)82-46-35(70)39(84-45-33(68)30(65)23(58)14(5-51)77-45)25(60)18(80-46)9-73-43-34(69)38(83-44-32(67)29(64)22(57)13(4-50)76-44)24(59)17(79-43)8-72-42-31(66)28(63)21(56)12(3-49)75-42/h12-46,49-53,56-71H,3-9H2,1-2H3,(H,47,54)(H,48,55)/t12-,13-,14-,15-,16-,17-,18-,19-,20-,21-,22-,23-,24-,25-,26-,27-,28+,29+,30+,31+,32+,33+,34+,35+,36-,37-,38+,39+,40-,41+,42-,43+,44-,45-,46+/m1/s1. The van der Waals surface area contributed by atoms with E-state index in [0.29, 0.717) is 0 Å². The predicted molar refractivity (Wildman–Crippen MR) is 255 cm³/mol. The van der Waals surface area contributed by atoms with Crippen molar-refractivity contribution in [3.63, 3.8) is 0 Å². The Hall–Kier alpha value is -2.42. The van der Waals surface area contributed by atoms with E-state index in [1.165, 1.54) is 0 Å². The molecule has 0 aromatic heterocycles. The topological polar surface area (TPSA) is 603 Å². The molecule has 7 saturated heterocycles. The van der Waals surface area contributed by atoms with Crippen LogP contribution in [-0.4, -0.2) is 380 Å². The number of rotatable bonds is 21. The Morgan fingerprint density at radius 1 is 0.310 bits per heavy atom. The molecule has 0 aromatic rings. The number of aliphatic hydroxyl groups excluding tert-OH is 21. The van der Waals surface area contributed by atoms with Gasteiger partial charge in [0.2, 0.25) is 11.8 Å². The zero-order chi connectivity index (χ0) is 61.9. The van der Waals surface area contributed by atoms with Gasteiger partial charge in [-0.05, 0) is 0 Å². The molecule has 0 radical (unpaired) electrons. The highest BCUT2D eigenvalue weighted by atomic mass is 16.8. The van der Waals surface area contributed by atoms with Crippen molar-refractivity contribution in [3.05, 3.63) is 0 Å². The molecule has 0 saturated carbocycles. The van der Waals surface area contributed by atoms with Crippen LogP contribution in [0.2, 0.25) is 0 Å². The largest absolute Gasteiger partial charge is 0.394 e. The van der Waals surface area contributed by atoms with Crippen LogP contribution in [-0.2, 0) is 71.2 Å². The van der Waals surface area contributed by atoms with Gasteiger partial charge in [-0.3, -0.25) is 9.59 Å². The number of nitrogens with one attached hydrogen (secondary N) is 2. The summed E-state index contributed by atoms with van der Waals surface area (Å²) < 4.78 is 74.3. The second-order valence-electron chi connectivity index (χ2n) is 21.1. The summed E-state index contributed by atoms with van der Waals surface area (Å²) in [6.07, 6.45) is -65.1. The van der Waals surface area contributed by atoms with Crippen LogP contribution in [0.5, 0.6) is 0 Å². The molecule has 38 nitrogen and oxygen atoms in total. The molecule has 7 aliphatic rings. The molecular weight excluding hydrogens is 1160 g/mol. The fourth-order valence-electron chi connectivity index (χ4n) is 10.6. The minimum absolute atomic E-state index is 0.738. The van der Waals surface area contributed by atoms with Crippen LogP contribution in [0.4, 0.5) is 0 Å². The molecule has 84 heavy (non-hydrogen) atoms. The van der Waals surface area contributed by atoms with Crippen molar-refractivity contribution in [2.24, 2.45) is 0 Å². The summed E-state index contributed by atoms with van der Waals surface area (Å²) in [7, 11) is 0. The van der Waals surface area contributed by atoms with Gasteiger partial charge in [0.05, 0.1) is 46.2 Å². The van der Waals surface area contributed by atoms with E-state index in [0.717, 1.165) is 13.8 Å². The van der Waals surface area contributed by atoms with E-state index in [2.05, 4.69) is 10.6 Å². The van der Waals surface area contributed by atoms with Gasteiger partial charge in [0.15, 0.2) is 44.0 Å². The van der Waals surface area contributed by atoms with E-state index in [1.807, 2.05) is 0 Å². The Morgan fingerprint density at radius 2 is 0.607 bits per heavy atom. The lowest BCUT2D eigenvalue weighted by Crippen LogP contribution is -2.70. The summed E-state index contributed by atoms with van der Waals surface area (Å²) in [5, 5.41) is 231. The highest BCUT2D eigenvalue weighted by molar-refractivity contribution is 5.73. The van der Waals surface area contributed by atoms with Gasteiger partial charge in [0, 0.05) is 13.8 Å². The maximum Gasteiger partial charge on any atom is 0.217 e. The van der Waals surface area contributed by atoms with Gasteiger partial charge in [-0.25, -0.2) is 0 Å². The molecule has 0 aromatic carbocycles. The number of aliphatic hydroxyl groups is 21. The van der Waals surface area contributed by atoms with Crippen molar-refractivity contribution in [2.75, 3.05) is 46.2 Å². The third-order valence-electron chi connectivity index (χ3n) is 15.3. The van der Waals surface area contributed by atoms with Gasteiger partial charge >= 0.3 is 0 Å². The lowest BCUT2D eigenvalue weighted by molar-refractivity contribution is -0.387. The van der Waals surface area contributed by atoms with Crippen molar-refractivity contribution in [2.45, 2.75) is 229 Å². The Bertz CT molecular complexity index is 2060. The number of amides is 2. The van der Waals surface area contributed by atoms with Crippen molar-refractivity contribution in [1.82, 2.24) is 10.6 Å². The average molecular weight is 1240 g/mol. The third-order valence-corrected chi connectivity index (χ3v) is 15.3. The Balaban J connectivity index is 1.17. The monoisotopic (exact) mass is 1230 g/mol. The van der Waals surface area contributed by atoms with E-state index in [9.17, 15) is 117 Å². The number of hydrogen-bond donors (Lipinski definition) is 23. The van der Waals surface area contributed by atoms with Gasteiger partial charge in [0.25, 0.3) is 0 Å². The van der Waals surface area contributed by atoms with Crippen LogP contribution in [0.1, 0.15) is 13.8 Å². The third kappa shape index (κ3) is 14.9. The fourth-order valence-corrected chi connectivity index (χ4v) is 10.6. The predicted octanol–water partition coefficient (Wildman–Crippen LogP) is -16.0. The Morgan fingerprint density at radius 3 is 1.04 bits per heavy atom. The summed E-state index contributed by atoms with van der Waals surface area (Å²) in [5.41, 5.74) is 0. The molecule has 7 fully saturated rings. The second-order valence-corrected chi connectivity index (χ2v) is 21.1. The highest BCUT2D eigenvalue weighted by Crippen LogP contribution is 2.37. The van der Waals surface area contributed by atoms with Crippen molar-refractivity contribution >= 4 is 11.8 Å². The van der Waals surface area contributed by atoms with E-state index in [1.54, 1.807) is 0 Å². The van der Waals surface area contributed by atoms with Crippen LogP contribution in [0, 0.1) is 0 Å². The normalized spacial score (nSPS) is 50.3. The average Bonchev–Trinajstić information content (AvgIpc) is 1.85. The van der Waals surface area contributed by atoms with Crippen LogP contribution in [0.3, 0.4) is 0 Å². The van der Waals surface area contributed by atoms with Crippen LogP contribution in [0.25, 0.3) is 0 Å². The number of carbonyl (C=O) groups is 2. The maximum absolute atomic E-state index is 12.7. The maximum atomic E-state index is 12.7. The van der Waals surface area contributed by atoms with Crippen molar-refractivity contribution in [3.8, 4) is 0 Å². The minimum Gasteiger partial charge on any atom is -0.394 e. The van der Waals surface area contributed by atoms with Gasteiger partial charge in [-0.2, -0.15) is 0 Å². The van der Waals surface area contributed by atoms with Crippen LogP contribution in [0.15, 0.2) is 0 Å². The molecule has 7 rings (SSSR count). The van der Waals surface area contributed by atoms with Gasteiger partial charge in [-0.1, -0.05) is 0 Å². The lowest BCUT2D eigenvalue weighted by atomic mass is 9.94. The first kappa shape index (κ1) is 69.1. The van der Waals surface area contributed by atoms with Crippen LogP contribution >= 0.6 is 0 Å². The van der Waals surface area contributed by atoms with E-state index in [-0.39, 0.29) is 0 Å². The smallest absolute Gasteiger partial charge is 0.217 e. The first-order chi connectivity index (χ1) is 39.7. The quantitative estimate of drug-likeness (QED) is 0.0507. The summed E-state index contributed by atoms with van der Waals surface area (Å²) in [4.78, 5) is 24.6. The zero-order valence-corrected chi connectivity index (χ0v) is 44.7. The van der Waals surface area contributed by atoms with Crippen molar-refractivity contribution in [1.29, 1.82) is 0 Å². The summed E-state index contributed by atoms with van der Waals surface area (Å²) in [5.74, 6) is -1.61. The van der Waals surface area contributed by atoms with E-state index in [4.69, 9.17) is 61.6 Å². The SMILES string of the molecule is CC(=O)N[C@@H]1[C@@H](O)[C@H](O[C@@H]2O[C@H](CO)[C@@H](O[C@@H]3O[C@H](CO[C@H]4O[C@H](CO[C@@H]5O[C@H](CO)[C@@H](O)[C@H](O)[C@@H]5O)[C@@H](O)[C@H](O[C@H]5O[C@H](CO)[C@@H](O)[C@H](O)[C@@H]5O)[C@@H]4O)[C@@H](O)[C@H](O[C@H]4O[C@H](CO)[C@@H](O)[C@H](O)[C@@H]4O)[C@@H]3O)[C@H](O)[C@H]2NC(C)=O)[C@@H](CO)O[C@H]1O. The minimum atomic E-state index is -2.34. The number of ether oxygens (including phenoxy) is 13. The molecule has 23 N–H and O–H groups in total. The van der Waals surface area contributed by atoms with Crippen molar-refractivity contribution < 1.29 is 178 Å². The molecule has 7 aliphatic heterocycles. The molecule has 38 heteroatoms. The summed E-state index contributed by atoms with van der Waals surface area (Å²) in [6.45, 7) is -4.78. The first-order valence-electron chi connectivity index (χ1n) is 26.6. The number of carbonyl (C=O) groups excluding carboxylic acids is 2. The molecule has 0 unspecified atom stereocenters. The molecule has 7 heterocycles. The first-order valence-corrected chi connectivity index (χ1v) is 26.6. The molecule has 0 spiro atoms. The number of hydrogen-bond acceptors (Lipinski definition) is 36. The summed E-state index contributed by atoms with van der Waals surface area (Å²) in [6, 6.07) is -3.37. The van der Waals surface area contributed by atoms with E-state index < -0.39 is 273 Å². The Kier molecular flexibility index (Phi) is 24.6. The van der Waals surface area contributed by atoms with Gasteiger partial charge < -0.3 is 179 Å². The molecule has 35 atom stereocenters. The Labute approximate surface area is 475 Å². The molecular formula is C46H78N2O36. The summed E-state index contributed by atoms with van der Waals surface area (Å²) >= 11 is 0. The lowest BCUT2D eigenvalue weighted by Gasteiger charge is -2.50. The molecule has 0 bridgehead atoms. The molecule has 488 valence electrons. The van der Waals surface area contributed by atoms with E-state index >= 15 is 0 Å². The van der Waals surface area contributed by atoms with Gasteiger partial charge in [0.1, 0.15) is 171 Å². The molecule has 2 amide bonds. The zero-order valence-electron chi connectivity index (χ0n) is 44.7. The second kappa shape index (κ2) is 29.9. The highest BCUT2D eigenvalue weighted by Gasteiger charge is 2.58. The molecule has 0 aliphatic carbocycles. The fraction of sp³-hybridized carbons (Fsp3) is 0.957. The van der Waals surface area contributed by atoms with Gasteiger partial charge in [-0.15, -0.1) is 0 Å².